The minimum absolute atomic E-state index is 0.186. The molecule has 0 aromatic heterocycles. The molecule has 0 saturated heterocycles. The molecule has 0 fully saturated rings. The Morgan fingerprint density at radius 2 is 1.67 bits per heavy atom. The molecule has 30 heavy (non-hydrogen) atoms. The lowest BCUT2D eigenvalue weighted by Crippen LogP contribution is -2.27. The summed E-state index contributed by atoms with van der Waals surface area (Å²) in [5.74, 6) is -2.34. The van der Waals surface area contributed by atoms with Crippen molar-refractivity contribution in [2.45, 2.75) is 39.7 Å². The topological polar surface area (TPSA) is 82.0 Å². The van der Waals surface area contributed by atoms with Crippen molar-refractivity contribution < 1.29 is 23.9 Å². The van der Waals surface area contributed by atoms with Crippen molar-refractivity contribution in [2.24, 2.45) is 10.9 Å². The van der Waals surface area contributed by atoms with Crippen LogP contribution in [0.25, 0.3) is 0 Å². The summed E-state index contributed by atoms with van der Waals surface area (Å²) in [6.45, 7) is 5.50. The van der Waals surface area contributed by atoms with E-state index in [4.69, 9.17) is 9.47 Å². The molecule has 0 aliphatic heterocycles. The van der Waals surface area contributed by atoms with Crippen molar-refractivity contribution >= 4 is 29.6 Å². The van der Waals surface area contributed by atoms with Crippen molar-refractivity contribution in [1.82, 2.24) is 0 Å². The first-order chi connectivity index (χ1) is 14.5. The predicted octanol–water partition coefficient (Wildman–Crippen LogP) is 4.86. The molecule has 6 heteroatoms. The van der Waals surface area contributed by atoms with Crippen molar-refractivity contribution in [1.29, 1.82) is 0 Å². The number of benzene rings is 2. The number of aliphatic imine (C=N–C) groups is 1. The maximum Gasteiger partial charge on any atom is 0.338 e. The van der Waals surface area contributed by atoms with E-state index in [1.165, 1.54) is 6.21 Å². The van der Waals surface area contributed by atoms with Crippen molar-refractivity contribution in [3.8, 4) is 0 Å². The Kier molecular flexibility index (Phi) is 8.94. The smallest absolute Gasteiger partial charge is 0.338 e. The Morgan fingerprint density at radius 3 is 2.33 bits per heavy atom. The monoisotopic (exact) mass is 409 g/mol. The van der Waals surface area contributed by atoms with Gasteiger partial charge < -0.3 is 9.47 Å². The molecule has 2 aromatic carbocycles. The van der Waals surface area contributed by atoms with E-state index in [9.17, 15) is 14.4 Å². The summed E-state index contributed by atoms with van der Waals surface area (Å²) >= 11 is 0. The van der Waals surface area contributed by atoms with Gasteiger partial charge in [-0.25, -0.2) is 4.79 Å². The normalized spacial score (nSPS) is 12.9. The van der Waals surface area contributed by atoms with Crippen LogP contribution in [-0.4, -0.2) is 30.5 Å². The molecule has 2 unspecified atom stereocenters. The molecule has 0 bridgehead atoms. The van der Waals surface area contributed by atoms with Gasteiger partial charge in [-0.3, -0.25) is 14.6 Å². The standard InChI is InChI=1S/C24H27NO5/c1-4-11-22(26)20(24(28)29-5-2)16-25-21-15-10-9-14-19(21)17(3)30-23(27)18-12-7-6-8-13-18/h6-10,12-17,20H,4-5,11H2,1-3H3. The zero-order chi connectivity index (χ0) is 21.9. The van der Waals surface area contributed by atoms with E-state index in [0.29, 0.717) is 23.2 Å². The van der Waals surface area contributed by atoms with Crippen LogP contribution in [0.4, 0.5) is 5.69 Å². The third-order valence-electron chi connectivity index (χ3n) is 4.41. The average molecular weight is 409 g/mol. The Labute approximate surface area is 176 Å². The molecule has 0 spiro atoms. The van der Waals surface area contributed by atoms with E-state index >= 15 is 0 Å². The van der Waals surface area contributed by atoms with E-state index in [-0.39, 0.29) is 18.8 Å². The van der Waals surface area contributed by atoms with E-state index in [1.807, 2.05) is 19.1 Å². The van der Waals surface area contributed by atoms with E-state index < -0.39 is 24.0 Å². The maximum atomic E-state index is 12.4. The Morgan fingerprint density at radius 1 is 1.00 bits per heavy atom. The maximum absolute atomic E-state index is 12.4. The molecule has 0 aliphatic rings. The van der Waals surface area contributed by atoms with Gasteiger partial charge in [0.2, 0.25) is 0 Å². The van der Waals surface area contributed by atoms with Gasteiger partial charge in [0.15, 0.2) is 11.7 Å². The lowest BCUT2D eigenvalue weighted by Gasteiger charge is -2.16. The summed E-state index contributed by atoms with van der Waals surface area (Å²) in [4.78, 5) is 41.3. The molecule has 0 N–H and O–H groups in total. The predicted molar refractivity (Wildman–Crippen MR) is 115 cm³/mol. The molecule has 0 aliphatic carbocycles. The number of carbonyl (C=O) groups excluding carboxylic acids is 3. The van der Waals surface area contributed by atoms with Crippen LogP contribution in [0.3, 0.4) is 0 Å². The van der Waals surface area contributed by atoms with Gasteiger partial charge in [-0.05, 0) is 38.5 Å². The summed E-state index contributed by atoms with van der Waals surface area (Å²) in [5.41, 5.74) is 1.64. The van der Waals surface area contributed by atoms with E-state index in [1.54, 1.807) is 56.3 Å². The first-order valence-electron chi connectivity index (χ1n) is 10.1. The summed E-state index contributed by atoms with van der Waals surface area (Å²) in [5, 5.41) is 0. The van der Waals surface area contributed by atoms with Gasteiger partial charge in [0.1, 0.15) is 6.10 Å². The highest BCUT2D eigenvalue weighted by atomic mass is 16.5. The minimum atomic E-state index is -1.06. The molecular formula is C24H27NO5. The summed E-state index contributed by atoms with van der Waals surface area (Å²) in [6, 6.07) is 15.9. The summed E-state index contributed by atoms with van der Waals surface area (Å²) in [6.07, 6.45) is 1.65. The molecule has 158 valence electrons. The van der Waals surface area contributed by atoms with Crippen LogP contribution in [-0.2, 0) is 19.1 Å². The van der Waals surface area contributed by atoms with Crippen LogP contribution in [0.15, 0.2) is 59.6 Å². The third kappa shape index (κ3) is 6.37. The quantitative estimate of drug-likeness (QED) is 0.318. The van der Waals surface area contributed by atoms with Crippen molar-refractivity contribution in [3.63, 3.8) is 0 Å². The average Bonchev–Trinajstić information content (AvgIpc) is 2.75. The van der Waals surface area contributed by atoms with Gasteiger partial charge >= 0.3 is 11.9 Å². The highest BCUT2D eigenvalue weighted by molar-refractivity contribution is 6.12. The second-order valence-corrected chi connectivity index (χ2v) is 6.70. The minimum Gasteiger partial charge on any atom is -0.465 e. The van der Waals surface area contributed by atoms with Crippen LogP contribution in [0.5, 0.6) is 0 Å². The largest absolute Gasteiger partial charge is 0.465 e. The van der Waals surface area contributed by atoms with Crippen LogP contribution >= 0.6 is 0 Å². The summed E-state index contributed by atoms with van der Waals surface area (Å²) < 4.78 is 10.6. The molecule has 2 rings (SSSR count). The van der Waals surface area contributed by atoms with Crippen LogP contribution in [0.1, 0.15) is 55.6 Å². The molecule has 2 aromatic rings. The number of carbonyl (C=O) groups is 3. The summed E-state index contributed by atoms with van der Waals surface area (Å²) in [7, 11) is 0. The van der Waals surface area contributed by atoms with Crippen LogP contribution in [0.2, 0.25) is 0 Å². The number of rotatable bonds is 10. The number of hydrogen-bond donors (Lipinski definition) is 0. The van der Waals surface area contributed by atoms with Crippen LogP contribution < -0.4 is 0 Å². The Bertz CT molecular complexity index is 873. The highest BCUT2D eigenvalue weighted by Crippen LogP contribution is 2.28. The number of ketones is 1. The second kappa shape index (κ2) is 11.7. The number of hydrogen-bond acceptors (Lipinski definition) is 6. The number of Topliss-reactive ketones (excluding diaryl/α,β-unsaturated/α-hetero) is 1. The lowest BCUT2D eigenvalue weighted by atomic mass is 10.0. The number of nitrogens with zero attached hydrogens (tertiary/aromatic N) is 1. The number of para-hydroxylation sites is 1. The Hall–Kier alpha value is -3.28. The van der Waals surface area contributed by atoms with Gasteiger partial charge in [-0.15, -0.1) is 0 Å². The van der Waals surface area contributed by atoms with Gasteiger partial charge in [0, 0.05) is 18.2 Å². The molecule has 0 saturated carbocycles. The number of ether oxygens (including phenoxy) is 2. The SMILES string of the molecule is CCCC(=O)C(C=Nc1ccccc1C(C)OC(=O)c1ccccc1)C(=O)OCC. The van der Waals surface area contributed by atoms with Crippen molar-refractivity contribution in [2.75, 3.05) is 6.61 Å². The van der Waals surface area contributed by atoms with E-state index in [2.05, 4.69) is 4.99 Å². The molecule has 0 heterocycles. The van der Waals surface area contributed by atoms with Gasteiger partial charge in [-0.2, -0.15) is 0 Å². The van der Waals surface area contributed by atoms with Crippen LogP contribution in [0, 0.1) is 5.92 Å². The number of esters is 2. The van der Waals surface area contributed by atoms with Gasteiger partial charge in [-0.1, -0.05) is 43.3 Å². The molecule has 0 radical (unpaired) electrons. The second-order valence-electron chi connectivity index (χ2n) is 6.70. The fourth-order valence-corrected chi connectivity index (χ4v) is 2.88. The highest BCUT2D eigenvalue weighted by Gasteiger charge is 2.25. The van der Waals surface area contributed by atoms with Crippen molar-refractivity contribution in [3.05, 3.63) is 65.7 Å². The molecule has 0 amide bonds. The molecule has 6 nitrogen and oxygen atoms in total. The lowest BCUT2D eigenvalue weighted by molar-refractivity contribution is -0.148. The molecule has 2 atom stereocenters. The molecular weight excluding hydrogens is 382 g/mol. The van der Waals surface area contributed by atoms with E-state index in [0.717, 1.165) is 0 Å². The zero-order valence-electron chi connectivity index (χ0n) is 17.5. The fraction of sp³-hybridized carbons (Fsp3) is 0.333. The Balaban J connectivity index is 2.22. The first-order valence-corrected chi connectivity index (χ1v) is 10.1. The fourth-order valence-electron chi connectivity index (χ4n) is 2.88. The van der Waals surface area contributed by atoms with Gasteiger partial charge in [0.25, 0.3) is 0 Å². The first kappa shape index (κ1) is 23.0. The van der Waals surface area contributed by atoms with Gasteiger partial charge in [0.05, 0.1) is 17.9 Å². The zero-order valence-corrected chi connectivity index (χ0v) is 17.5. The third-order valence-corrected chi connectivity index (χ3v) is 4.41.